The van der Waals surface area contributed by atoms with Gasteiger partial charge in [0.25, 0.3) is 5.91 Å². The fourth-order valence-corrected chi connectivity index (χ4v) is 3.56. The Morgan fingerprint density at radius 2 is 1.71 bits per heavy atom. The fraction of sp³-hybridized carbons (Fsp3) is 0.263. The number of benzene rings is 2. The number of rotatable bonds is 7. The van der Waals surface area contributed by atoms with Crippen molar-refractivity contribution in [2.75, 3.05) is 5.32 Å². The Hall–Kier alpha value is -2.78. The summed E-state index contributed by atoms with van der Waals surface area (Å²) < 4.78 is 45.1. The van der Waals surface area contributed by atoms with Crippen molar-refractivity contribution in [2.45, 2.75) is 37.8 Å². The van der Waals surface area contributed by atoms with Crippen molar-refractivity contribution >= 4 is 27.6 Å². The summed E-state index contributed by atoms with van der Waals surface area (Å²) in [5.74, 6) is -2.02. The van der Waals surface area contributed by atoms with E-state index in [9.17, 15) is 22.4 Å². The molecule has 1 atom stereocenters. The van der Waals surface area contributed by atoms with Gasteiger partial charge in [-0.05, 0) is 57.2 Å². The van der Waals surface area contributed by atoms with E-state index in [1.807, 2.05) is 0 Å². The van der Waals surface area contributed by atoms with Crippen LogP contribution in [0.15, 0.2) is 53.4 Å². The molecular weight excluding hydrogens is 387 g/mol. The Labute approximate surface area is 163 Å². The predicted octanol–water partition coefficient (Wildman–Crippen LogP) is 2.70. The second-order valence-electron chi connectivity index (χ2n) is 6.35. The van der Waals surface area contributed by atoms with Gasteiger partial charge in [-0.3, -0.25) is 4.79 Å². The van der Waals surface area contributed by atoms with Gasteiger partial charge in [-0.15, -0.1) is 0 Å². The number of amides is 1. The topological polar surface area (TPSA) is 102 Å². The lowest BCUT2D eigenvalue weighted by Gasteiger charge is -2.14. The van der Waals surface area contributed by atoms with E-state index in [1.165, 1.54) is 49.4 Å². The van der Waals surface area contributed by atoms with Gasteiger partial charge >= 0.3 is 5.97 Å². The number of ether oxygens (including phenoxy) is 1. The monoisotopic (exact) mass is 408 g/mol. The minimum absolute atomic E-state index is 0.0166. The summed E-state index contributed by atoms with van der Waals surface area (Å²) in [6.45, 7) is 4.70. The lowest BCUT2D eigenvalue weighted by Crippen LogP contribution is -2.31. The van der Waals surface area contributed by atoms with Crippen LogP contribution >= 0.6 is 0 Å². The van der Waals surface area contributed by atoms with Crippen LogP contribution in [0.1, 0.15) is 31.1 Å². The first kappa shape index (κ1) is 21.5. The number of carbonyl (C=O) groups excluding carboxylic acids is 2. The first-order valence-corrected chi connectivity index (χ1v) is 9.96. The number of esters is 1. The second kappa shape index (κ2) is 8.94. The normalized spacial score (nSPS) is 12.5. The Balaban J connectivity index is 2.08. The highest BCUT2D eigenvalue weighted by Gasteiger charge is 2.21. The van der Waals surface area contributed by atoms with Gasteiger partial charge < -0.3 is 10.1 Å². The number of anilines is 1. The minimum atomic E-state index is -3.78. The van der Waals surface area contributed by atoms with Crippen molar-refractivity contribution in [1.82, 2.24) is 4.72 Å². The molecule has 2 aromatic carbocycles. The maximum absolute atomic E-state index is 13.2. The summed E-state index contributed by atoms with van der Waals surface area (Å²) in [4.78, 5) is 24.3. The number of hydrogen-bond acceptors (Lipinski definition) is 5. The molecule has 1 amide bonds. The molecular formula is C19H21FN2O5S. The molecule has 0 aromatic heterocycles. The van der Waals surface area contributed by atoms with Crippen LogP contribution in [0.2, 0.25) is 0 Å². The third kappa shape index (κ3) is 5.86. The molecule has 2 N–H and O–H groups in total. The van der Waals surface area contributed by atoms with Crippen molar-refractivity contribution < 1.29 is 27.1 Å². The second-order valence-corrected chi connectivity index (χ2v) is 8.06. The minimum Gasteiger partial charge on any atom is -0.449 e. The third-order valence-corrected chi connectivity index (χ3v) is 5.17. The van der Waals surface area contributed by atoms with Gasteiger partial charge in [0, 0.05) is 11.7 Å². The Kier molecular flexibility index (Phi) is 6.87. The average Bonchev–Trinajstić information content (AvgIpc) is 2.60. The van der Waals surface area contributed by atoms with Crippen molar-refractivity contribution in [2.24, 2.45) is 0 Å². The Morgan fingerprint density at radius 3 is 2.36 bits per heavy atom. The molecule has 0 aliphatic carbocycles. The molecule has 0 aliphatic heterocycles. The third-order valence-electron chi connectivity index (χ3n) is 3.52. The molecule has 0 spiro atoms. The molecule has 0 saturated carbocycles. The van der Waals surface area contributed by atoms with Crippen LogP contribution in [0.5, 0.6) is 0 Å². The zero-order valence-electron chi connectivity index (χ0n) is 15.6. The molecule has 2 aromatic rings. The molecule has 0 bridgehead atoms. The molecule has 0 unspecified atom stereocenters. The van der Waals surface area contributed by atoms with Crippen LogP contribution in [-0.4, -0.2) is 32.4 Å². The average molecular weight is 408 g/mol. The molecule has 0 fully saturated rings. The van der Waals surface area contributed by atoms with E-state index in [0.29, 0.717) is 0 Å². The van der Waals surface area contributed by atoms with Gasteiger partial charge in [0.1, 0.15) is 5.82 Å². The molecule has 9 heteroatoms. The number of hydrogen-bond donors (Lipinski definition) is 2. The molecule has 0 radical (unpaired) electrons. The summed E-state index contributed by atoms with van der Waals surface area (Å²) in [7, 11) is -3.78. The van der Waals surface area contributed by atoms with Crippen molar-refractivity contribution in [3.8, 4) is 0 Å². The van der Waals surface area contributed by atoms with E-state index in [1.54, 1.807) is 13.8 Å². The summed E-state index contributed by atoms with van der Waals surface area (Å²) in [5, 5.41) is 2.43. The highest BCUT2D eigenvalue weighted by Crippen LogP contribution is 2.15. The van der Waals surface area contributed by atoms with Gasteiger partial charge in [0.2, 0.25) is 10.0 Å². The molecule has 150 valence electrons. The molecule has 7 nitrogen and oxygen atoms in total. The SMILES string of the molecule is CC(C)NS(=O)(=O)c1cccc(C(=O)O[C@@H](C)C(=O)Nc2cccc(F)c2)c1. The number of nitrogens with one attached hydrogen (secondary N) is 2. The van der Waals surface area contributed by atoms with E-state index < -0.39 is 33.8 Å². The van der Waals surface area contributed by atoms with Crippen molar-refractivity contribution in [1.29, 1.82) is 0 Å². The van der Waals surface area contributed by atoms with Crippen LogP contribution < -0.4 is 10.0 Å². The standard InChI is InChI=1S/C19H21FN2O5S/c1-12(2)22-28(25,26)17-9-4-6-14(10-17)19(24)27-13(3)18(23)21-16-8-5-7-15(20)11-16/h4-13,22H,1-3H3,(H,21,23)/t13-/m0/s1. The predicted molar refractivity (Wildman–Crippen MR) is 102 cm³/mol. The van der Waals surface area contributed by atoms with E-state index >= 15 is 0 Å². The first-order chi connectivity index (χ1) is 13.1. The van der Waals surface area contributed by atoms with Gasteiger partial charge in [0.15, 0.2) is 6.10 Å². The molecule has 0 heterocycles. The quantitative estimate of drug-likeness (QED) is 0.686. The summed E-state index contributed by atoms with van der Waals surface area (Å²) in [5.41, 5.74) is 0.206. The van der Waals surface area contributed by atoms with E-state index in [-0.39, 0.29) is 22.2 Å². The summed E-state index contributed by atoms with van der Waals surface area (Å²) in [6, 6.07) is 10.3. The number of halogens is 1. The van der Waals surface area contributed by atoms with Crippen LogP contribution in [0.25, 0.3) is 0 Å². The lowest BCUT2D eigenvalue weighted by molar-refractivity contribution is -0.123. The largest absolute Gasteiger partial charge is 0.449 e. The van der Waals surface area contributed by atoms with E-state index in [4.69, 9.17) is 4.74 Å². The first-order valence-electron chi connectivity index (χ1n) is 8.48. The van der Waals surface area contributed by atoms with Gasteiger partial charge in [-0.25, -0.2) is 22.3 Å². The summed E-state index contributed by atoms with van der Waals surface area (Å²) in [6.07, 6.45) is -1.18. The highest BCUT2D eigenvalue weighted by atomic mass is 32.2. The number of carbonyl (C=O) groups is 2. The molecule has 0 aliphatic rings. The fourth-order valence-electron chi connectivity index (χ4n) is 2.26. The van der Waals surface area contributed by atoms with Gasteiger partial charge in [-0.2, -0.15) is 0 Å². The highest BCUT2D eigenvalue weighted by molar-refractivity contribution is 7.89. The van der Waals surface area contributed by atoms with Crippen LogP contribution in [-0.2, 0) is 19.6 Å². The van der Waals surface area contributed by atoms with E-state index in [2.05, 4.69) is 10.0 Å². The van der Waals surface area contributed by atoms with Crippen molar-refractivity contribution in [3.05, 3.63) is 59.9 Å². The summed E-state index contributed by atoms with van der Waals surface area (Å²) >= 11 is 0. The smallest absolute Gasteiger partial charge is 0.338 e. The van der Waals surface area contributed by atoms with Gasteiger partial charge in [0.05, 0.1) is 10.5 Å². The zero-order valence-corrected chi connectivity index (χ0v) is 16.4. The van der Waals surface area contributed by atoms with Crippen LogP contribution in [0, 0.1) is 5.82 Å². The van der Waals surface area contributed by atoms with E-state index in [0.717, 1.165) is 6.07 Å². The zero-order chi connectivity index (χ0) is 20.9. The van der Waals surface area contributed by atoms with Crippen molar-refractivity contribution in [3.63, 3.8) is 0 Å². The maximum atomic E-state index is 13.2. The lowest BCUT2D eigenvalue weighted by atomic mass is 10.2. The maximum Gasteiger partial charge on any atom is 0.338 e. The Morgan fingerprint density at radius 1 is 1.04 bits per heavy atom. The van der Waals surface area contributed by atoms with Crippen LogP contribution in [0.4, 0.5) is 10.1 Å². The van der Waals surface area contributed by atoms with Gasteiger partial charge in [-0.1, -0.05) is 12.1 Å². The van der Waals surface area contributed by atoms with Crippen LogP contribution in [0.3, 0.4) is 0 Å². The molecule has 2 rings (SSSR count). The molecule has 28 heavy (non-hydrogen) atoms. The number of sulfonamides is 1. The Bertz CT molecular complexity index is 976. The molecule has 0 saturated heterocycles.